The van der Waals surface area contributed by atoms with Crippen molar-refractivity contribution in [3.8, 4) is 11.3 Å². The molecule has 0 atom stereocenters. The minimum atomic E-state index is -0.478. The number of rotatable bonds is 4. The van der Waals surface area contributed by atoms with Crippen LogP contribution in [0.15, 0.2) is 35.1 Å². The van der Waals surface area contributed by atoms with Crippen LogP contribution in [-0.4, -0.2) is 22.5 Å². The standard InChI is InChI=1S/C15H16N2O3/c1-3-9-20-14(18)12-10(2)16-15(19)17-13(12)11-7-5-4-6-8-11/h4-8H,3,9H2,1-2H3,(H,16,17,19). The first-order valence-electron chi connectivity index (χ1n) is 6.47. The number of aromatic amines is 1. The molecule has 0 amide bonds. The number of H-pyrrole nitrogens is 1. The number of carbonyl (C=O) groups excluding carboxylic acids is 1. The SMILES string of the molecule is CCCOC(=O)c1c(-c2ccccc2)nc(=O)[nH]c1C. The molecule has 0 saturated heterocycles. The second-order valence-corrected chi connectivity index (χ2v) is 4.39. The van der Waals surface area contributed by atoms with Crippen LogP contribution < -0.4 is 5.69 Å². The van der Waals surface area contributed by atoms with Crippen molar-refractivity contribution in [2.24, 2.45) is 0 Å². The van der Waals surface area contributed by atoms with Gasteiger partial charge >= 0.3 is 11.7 Å². The van der Waals surface area contributed by atoms with Gasteiger partial charge in [0.05, 0.1) is 12.3 Å². The third kappa shape index (κ3) is 2.93. The molecule has 0 radical (unpaired) electrons. The average Bonchev–Trinajstić information content (AvgIpc) is 2.45. The Labute approximate surface area is 116 Å². The zero-order valence-corrected chi connectivity index (χ0v) is 11.5. The van der Waals surface area contributed by atoms with E-state index in [9.17, 15) is 9.59 Å². The molecule has 0 bridgehead atoms. The Morgan fingerprint density at radius 2 is 2.00 bits per heavy atom. The predicted molar refractivity (Wildman–Crippen MR) is 75.6 cm³/mol. The summed E-state index contributed by atoms with van der Waals surface area (Å²) in [6.07, 6.45) is 0.738. The van der Waals surface area contributed by atoms with Crippen LogP contribution in [0.5, 0.6) is 0 Å². The third-order valence-corrected chi connectivity index (χ3v) is 2.81. The van der Waals surface area contributed by atoms with Gasteiger partial charge in [0.1, 0.15) is 5.56 Å². The largest absolute Gasteiger partial charge is 0.462 e. The van der Waals surface area contributed by atoms with Crippen LogP contribution in [0.25, 0.3) is 11.3 Å². The van der Waals surface area contributed by atoms with E-state index in [0.717, 1.165) is 6.42 Å². The Bertz CT molecular complexity index is 663. The number of nitrogens with zero attached hydrogens (tertiary/aromatic N) is 1. The van der Waals surface area contributed by atoms with Crippen molar-refractivity contribution in [3.05, 3.63) is 52.1 Å². The molecule has 0 fully saturated rings. The fraction of sp³-hybridized carbons (Fsp3) is 0.267. The van der Waals surface area contributed by atoms with Crippen LogP contribution in [0.1, 0.15) is 29.4 Å². The summed E-state index contributed by atoms with van der Waals surface area (Å²) in [6.45, 7) is 3.92. The Morgan fingerprint density at radius 1 is 1.30 bits per heavy atom. The Kier molecular flexibility index (Phi) is 4.30. The number of ether oxygens (including phenoxy) is 1. The van der Waals surface area contributed by atoms with E-state index < -0.39 is 11.7 Å². The Balaban J connectivity index is 2.55. The zero-order valence-electron chi connectivity index (χ0n) is 11.5. The lowest BCUT2D eigenvalue weighted by molar-refractivity contribution is 0.0504. The van der Waals surface area contributed by atoms with Crippen molar-refractivity contribution >= 4 is 5.97 Å². The predicted octanol–water partition coefficient (Wildman–Crippen LogP) is 2.31. The second kappa shape index (κ2) is 6.14. The van der Waals surface area contributed by atoms with Gasteiger partial charge in [-0.15, -0.1) is 0 Å². The molecule has 1 aromatic carbocycles. The van der Waals surface area contributed by atoms with Gasteiger partial charge in [0.15, 0.2) is 0 Å². The van der Waals surface area contributed by atoms with Gasteiger partial charge in [-0.2, -0.15) is 4.98 Å². The minimum Gasteiger partial charge on any atom is -0.462 e. The fourth-order valence-electron chi connectivity index (χ4n) is 1.91. The van der Waals surface area contributed by atoms with Crippen LogP contribution in [0.4, 0.5) is 0 Å². The zero-order chi connectivity index (χ0) is 14.5. The van der Waals surface area contributed by atoms with E-state index in [1.807, 2.05) is 25.1 Å². The van der Waals surface area contributed by atoms with Gasteiger partial charge in [-0.3, -0.25) is 0 Å². The molecule has 5 nitrogen and oxygen atoms in total. The summed E-state index contributed by atoms with van der Waals surface area (Å²) in [6, 6.07) is 9.12. The molecule has 104 valence electrons. The van der Waals surface area contributed by atoms with E-state index in [2.05, 4.69) is 9.97 Å². The molecular weight excluding hydrogens is 256 g/mol. The van der Waals surface area contributed by atoms with E-state index in [1.165, 1.54) is 0 Å². The van der Waals surface area contributed by atoms with Crippen molar-refractivity contribution in [2.45, 2.75) is 20.3 Å². The maximum Gasteiger partial charge on any atom is 0.345 e. The van der Waals surface area contributed by atoms with Gasteiger partial charge < -0.3 is 9.72 Å². The van der Waals surface area contributed by atoms with Crippen LogP contribution >= 0.6 is 0 Å². The summed E-state index contributed by atoms with van der Waals surface area (Å²) in [7, 11) is 0. The van der Waals surface area contributed by atoms with E-state index >= 15 is 0 Å². The molecule has 2 aromatic rings. The first-order valence-corrected chi connectivity index (χ1v) is 6.47. The van der Waals surface area contributed by atoms with Crippen molar-refractivity contribution < 1.29 is 9.53 Å². The Morgan fingerprint density at radius 3 is 2.65 bits per heavy atom. The van der Waals surface area contributed by atoms with E-state index in [4.69, 9.17) is 4.74 Å². The number of aryl methyl sites for hydroxylation is 1. The molecule has 0 aliphatic rings. The van der Waals surface area contributed by atoms with Gasteiger partial charge in [-0.25, -0.2) is 9.59 Å². The monoisotopic (exact) mass is 272 g/mol. The van der Waals surface area contributed by atoms with Gasteiger partial charge in [0.2, 0.25) is 0 Å². The van der Waals surface area contributed by atoms with E-state index in [-0.39, 0.29) is 0 Å². The number of benzene rings is 1. The van der Waals surface area contributed by atoms with Gasteiger partial charge in [-0.1, -0.05) is 37.3 Å². The van der Waals surface area contributed by atoms with Gasteiger partial charge in [0.25, 0.3) is 0 Å². The molecule has 20 heavy (non-hydrogen) atoms. The summed E-state index contributed by atoms with van der Waals surface area (Å²) < 4.78 is 5.16. The van der Waals surface area contributed by atoms with Crippen LogP contribution in [0, 0.1) is 6.92 Å². The molecule has 5 heteroatoms. The topological polar surface area (TPSA) is 72.0 Å². The van der Waals surface area contributed by atoms with Crippen LogP contribution in [0.3, 0.4) is 0 Å². The van der Waals surface area contributed by atoms with Crippen molar-refractivity contribution in [1.29, 1.82) is 0 Å². The summed E-state index contributed by atoms with van der Waals surface area (Å²) in [5.41, 5.74) is 1.36. The lowest BCUT2D eigenvalue weighted by atomic mass is 10.0. The van der Waals surface area contributed by atoms with E-state index in [0.29, 0.717) is 29.1 Å². The quantitative estimate of drug-likeness (QED) is 0.867. The molecule has 0 saturated carbocycles. The normalized spacial score (nSPS) is 10.3. The molecule has 0 unspecified atom stereocenters. The lowest BCUT2D eigenvalue weighted by Gasteiger charge is -2.10. The first kappa shape index (κ1) is 14.0. The molecule has 0 aliphatic carbocycles. The minimum absolute atomic E-state index is 0.309. The number of nitrogens with one attached hydrogen (secondary N) is 1. The molecule has 2 rings (SSSR count). The molecule has 1 heterocycles. The highest BCUT2D eigenvalue weighted by atomic mass is 16.5. The van der Waals surface area contributed by atoms with Gasteiger partial charge in [0, 0.05) is 11.3 Å². The summed E-state index contributed by atoms with van der Waals surface area (Å²) >= 11 is 0. The fourth-order valence-corrected chi connectivity index (χ4v) is 1.91. The molecular formula is C15H16N2O3. The number of carbonyl (C=O) groups is 1. The number of hydrogen-bond donors (Lipinski definition) is 1. The summed E-state index contributed by atoms with van der Waals surface area (Å²) in [5, 5.41) is 0. The van der Waals surface area contributed by atoms with Crippen molar-refractivity contribution in [3.63, 3.8) is 0 Å². The van der Waals surface area contributed by atoms with Crippen molar-refractivity contribution in [1.82, 2.24) is 9.97 Å². The van der Waals surface area contributed by atoms with E-state index in [1.54, 1.807) is 19.1 Å². The molecule has 1 N–H and O–H groups in total. The second-order valence-electron chi connectivity index (χ2n) is 4.39. The number of esters is 1. The first-order chi connectivity index (χ1) is 9.63. The van der Waals surface area contributed by atoms with Gasteiger partial charge in [-0.05, 0) is 13.3 Å². The average molecular weight is 272 g/mol. The third-order valence-electron chi connectivity index (χ3n) is 2.81. The maximum absolute atomic E-state index is 12.1. The van der Waals surface area contributed by atoms with Crippen molar-refractivity contribution in [2.75, 3.05) is 6.61 Å². The highest BCUT2D eigenvalue weighted by Gasteiger charge is 2.19. The summed E-state index contributed by atoms with van der Waals surface area (Å²) in [4.78, 5) is 30.2. The summed E-state index contributed by atoms with van der Waals surface area (Å²) in [5.74, 6) is -0.466. The Hall–Kier alpha value is -2.43. The number of aromatic nitrogens is 2. The number of hydrogen-bond acceptors (Lipinski definition) is 4. The highest BCUT2D eigenvalue weighted by Crippen LogP contribution is 2.22. The molecule has 0 aliphatic heterocycles. The molecule has 0 spiro atoms. The maximum atomic E-state index is 12.1. The highest BCUT2D eigenvalue weighted by molar-refractivity contribution is 5.97. The van der Waals surface area contributed by atoms with Crippen LogP contribution in [-0.2, 0) is 4.74 Å². The van der Waals surface area contributed by atoms with Crippen LogP contribution in [0.2, 0.25) is 0 Å². The lowest BCUT2D eigenvalue weighted by Crippen LogP contribution is -2.20. The molecule has 1 aromatic heterocycles. The smallest absolute Gasteiger partial charge is 0.345 e.